The third-order valence-corrected chi connectivity index (χ3v) is 3.53. The Kier molecular flexibility index (Phi) is 6.23. The largest absolute Gasteiger partial charge is 0.457 e. The molecule has 21 heavy (non-hydrogen) atoms. The van der Waals surface area contributed by atoms with E-state index in [0.29, 0.717) is 6.61 Å². The first-order valence-corrected chi connectivity index (χ1v) is 7.71. The molecule has 0 unspecified atom stereocenters. The maximum Gasteiger partial charge on any atom is 0.131 e. The molecule has 0 atom stereocenters. The molecule has 112 valence electrons. The SMILES string of the molecule is COCCNCc1cc(C)ccc1Oc1cccc(Br)c1. The molecule has 0 heterocycles. The summed E-state index contributed by atoms with van der Waals surface area (Å²) in [6.07, 6.45) is 0. The van der Waals surface area contributed by atoms with E-state index < -0.39 is 0 Å². The number of methoxy groups -OCH3 is 1. The predicted molar refractivity (Wildman–Crippen MR) is 89.0 cm³/mol. The van der Waals surface area contributed by atoms with Gasteiger partial charge in [-0.2, -0.15) is 0 Å². The van der Waals surface area contributed by atoms with Gasteiger partial charge in [0.25, 0.3) is 0 Å². The Hall–Kier alpha value is -1.36. The number of hydrogen-bond donors (Lipinski definition) is 1. The zero-order chi connectivity index (χ0) is 15.1. The number of nitrogens with one attached hydrogen (secondary N) is 1. The Bertz CT molecular complexity index is 587. The lowest BCUT2D eigenvalue weighted by molar-refractivity contribution is 0.199. The molecule has 4 heteroatoms. The zero-order valence-corrected chi connectivity index (χ0v) is 13.9. The van der Waals surface area contributed by atoms with Gasteiger partial charge in [-0.25, -0.2) is 0 Å². The lowest BCUT2D eigenvalue weighted by Crippen LogP contribution is -2.18. The lowest BCUT2D eigenvalue weighted by atomic mass is 10.1. The normalized spacial score (nSPS) is 10.6. The Balaban J connectivity index is 2.10. The van der Waals surface area contributed by atoms with Crippen molar-refractivity contribution in [2.75, 3.05) is 20.3 Å². The van der Waals surface area contributed by atoms with Crippen LogP contribution in [0.1, 0.15) is 11.1 Å². The molecule has 0 radical (unpaired) electrons. The van der Waals surface area contributed by atoms with Crippen molar-refractivity contribution in [1.82, 2.24) is 5.32 Å². The van der Waals surface area contributed by atoms with E-state index in [1.54, 1.807) is 7.11 Å². The van der Waals surface area contributed by atoms with E-state index in [2.05, 4.69) is 40.3 Å². The number of aryl methyl sites for hydroxylation is 1. The van der Waals surface area contributed by atoms with Crippen LogP contribution < -0.4 is 10.1 Å². The minimum Gasteiger partial charge on any atom is -0.457 e. The fraction of sp³-hybridized carbons (Fsp3) is 0.294. The van der Waals surface area contributed by atoms with Crippen molar-refractivity contribution in [2.45, 2.75) is 13.5 Å². The molecule has 3 nitrogen and oxygen atoms in total. The third-order valence-electron chi connectivity index (χ3n) is 3.04. The van der Waals surface area contributed by atoms with E-state index in [0.717, 1.165) is 34.6 Å². The van der Waals surface area contributed by atoms with Gasteiger partial charge in [0, 0.05) is 30.2 Å². The third kappa shape index (κ3) is 5.16. The maximum atomic E-state index is 6.00. The van der Waals surface area contributed by atoms with Crippen LogP contribution in [-0.2, 0) is 11.3 Å². The summed E-state index contributed by atoms with van der Waals surface area (Å²) in [4.78, 5) is 0. The second-order valence-corrected chi connectivity index (χ2v) is 5.76. The minimum absolute atomic E-state index is 0.702. The van der Waals surface area contributed by atoms with Crippen molar-refractivity contribution in [3.8, 4) is 11.5 Å². The molecule has 0 aromatic heterocycles. The molecule has 0 spiro atoms. The van der Waals surface area contributed by atoms with Gasteiger partial charge in [-0.3, -0.25) is 0 Å². The molecule has 0 aliphatic carbocycles. The van der Waals surface area contributed by atoms with Gasteiger partial charge in [-0.15, -0.1) is 0 Å². The quantitative estimate of drug-likeness (QED) is 0.756. The Labute approximate surface area is 134 Å². The Morgan fingerprint density at radius 2 is 2.00 bits per heavy atom. The van der Waals surface area contributed by atoms with Gasteiger partial charge in [-0.05, 0) is 31.2 Å². The molecule has 2 aromatic carbocycles. The van der Waals surface area contributed by atoms with Crippen molar-refractivity contribution in [1.29, 1.82) is 0 Å². The summed E-state index contributed by atoms with van der Waals surface area (Å²) in [7, 11) is 1.70. The predicted octanol–water partition coefficient (Wildman–Crippen LogP) is 4.29. The van der Waals surface area contributed by atoms with Gasteiger partial charge in [0.15, 0.2) is 0 Å². The van der Waals surface area contributed by atoms with Crippen LogP contribution in [0.15, 0.2) is 46.9 Å². The number of benzene rings is 2. The molecule has 0 amide bonds. The zero-order valence-electron chi connectivity index (χ0n) is 12.4. The fourth-order valence-electron chi connectivity index (χ4n) is 2.00. The highest BCUT2D eigenvalue weighted by atomic mass is 79.9. The molecule has 2 rings (SSSR count). The van der Waals surface area contributed by atoms with Crippen molar-refractivity contribution >= 4 is 15.9 Å². The first kappa shape index (κ1) is 16.0. The van der Waals surface area contributed by atoms with E-state index in [1.807, 2.05) is 30.3 Å². The van der Waals surface area contributed by atoms with E-state index in [-0.39, 0.29) is 0 Å². The summed E-state index contributed by atoms with van der Waals surface area (Å²) in [5, 5.41) is 3.35. The van der Waals surface area contributed by atoms with E-state index in [4.69, 9.17) is 9.47 Å². The topological polar surface area (TPSA) is 30.5 Å². The average Bonchev–Trinajstić information content (AvgIpc) is 2.46. The maximum absolute atomic E-state index is 6.00. The van der Waals surface area contributed by atoms with Crippen LogP contribution in [0.2, 0.25) is 0 Å². The van der Waals surface area contributed by atoms with E-state index in [1.165, 1.54) is 5.56 Å². The molecule has 0 bridgehead atoms. The molecule has 0 aliphatic rings. The Morgan fingerprint density at radius 3 is 2.76 bits per heavy atom. The van der Waals surface area contributed by atoms with E-state index >= 15 is 0 Å². The molecule has 2 aromatic rings. The highest BCUT2D eigenvalue weighted by Crippen LogP contribution is 2.28. The van der Waals surface area contributed by atoms with Crippen LogP contribution in [0.3, 0.4) is 0 Å². The van der Waals surface area contributed by atoms with Crippen molar-refractivity contribution in [3.05, 3.63) is 58.1 Å². The molecule has 0 saturated carbocycles. The van der Waals surface area contributed by atoms with Crippen LogP contribution in [0.25, 0.3) is 0 Å². The van der Waals surface area contributed by atoms with Gasteiger partial charge in [0.2, 0.25) is 0 Å². The Morgan fingerprint density at radius 1 is 1.14 bits per heavy atom. The average molecular weight is 350 g/mol. The lowest BCUT2D eigenvalue weighted by Gasteiger charge is -2.13. The summed E-state index contributed by atoms with van der Waals surface area (Å²) in [5.74, 6) is 1.70. The van der Waals surface area contributed by atoms with Crippen LogP contribution in [0.4, 0.5) is 0 Å². The monoisotopic (exact) mass is 349 g/mol. The molecule has 1 N–H and O–H groups in total. The highest BCUT2D eigenvalue weighted by molar-refractivity contribution is 9.10. The first-order chi connectivity index (χ1) is 10.2. The molecule has 0 saturated heterocycles. The van der Waals surface area contributed by atoms with Gasteiger partial charge in [0.1, 0.15) is 11.5 Å². The van der Waals surface area contributed by atoms with Gasteiger partial charge < -0.3 is 14.8 Å². The van der Waals surface area contributed by atoms with Gasteiger partial charge >= 0.3 is 0 Å². The summed E-state index contributed by atoms with van der Waals surface area (Å²) < 4.78 is 12.1. The second-order valence-electron chi connectivity index (χ2n) is 4.84. The van der Waals surface area contributed by atoms with Crippen molar-refractivity contribution < 1.29 is 9.47 Å². The molecule has 0 fully saturated rings. The number of halogens is 1. The summed E-state index contributed by atoms with van der Waals surface area (Å²) in [5.41, 5.74) is 2.37. The smallest absolute Gasteiger partial charge is 0.131 e. The summed E-state index contributed by atoms with van der Waals surface area (Å²) >= 11 is 3.46. The molecular formula is C17H20BrNO2. The minimum atomic E-state index is 0.702. The van der Waals surface area contributed by atoms with Gasteiger partial charge in [0.05, 0.1) is 6.61 Å². The van der Waals surface area contributed by atoms with Crippen LogP contribution in [-0.4, -0.2) is 20.3 Å². The van der Waals surface area contributed by atoms with Crippen LogP contribution in [0.5, 0.6) is 11.5 Å². The molecular weight excluding hydrogens is 330 g/mol. The second kappa shape index (κ2) is 8.17. The number of hydrogen-bond acceptors (Lipinski definition) is 3. The van der Waals surface area contributed by atoms with Crippen molar-refractivity contribution in [2.24, 2.45) is 0 Å². The summed E-state index contributed by atoms with van der Waals surface area (Å²) in [6, 6.07) is 14.1. The van der Waals surface area contributed by atoms with Crippen LogP contribution >= 0.6 is 15.9 Å². The molecule has 0 aliphatic heterocycles. The first-order valence-electron chi connectivity index (χ1n) is 6.91. The van der Waals surface area contributed by atoms with Crippen LogP contribution in [0, 0.1) is 6.92 Å². The van der Waals surface area contributed by atoms with Crippen molar-refractivity contribution in [3.63, 3.8) is 0 Å². The fourth-order valence-corrected chi connectivity index (χ4v) is 2.38. The number of ether oxygens (including phenoxy) is 2. The van der Waals surface area contributed by atoms with E-state index in [9.17, 15) is 0 Å². The standard InChI is InChI=1S/C17H20BrNO2/c1-13-6-7-17(14(10-13)12-19-8-9-20-2)21-16-5-3-4-15(18)11-16/h3-7,10-11,19H,8-9,12H2,1-2H3. The van der Waals surface area contributed by atoms with Gasteiger partial charge in [-0.1, -0.05) is 39.7 Å². The summed E-state index contributed by atoms with van der Waals surface area (Å²) in [6.45, 7) is 4.37. The highest BCUT2D eigenvalue weighted by Gasteiger charge is 2.06. The number of rotatable bonds is 7.